The Labute approximate surface area is 208 Å². The fraction of sp³-hybridized carbons (Fsp3) is 0.185. The number of aryl methyl sites for hydroxylation is 1. The van der Waals surface area contributed by atoms with Gasteiger partial charge in [-0.25, -0.2) is 0 Å². The molecule has 0 unspecified atom stereocenters. The summed E-state index contributed by atoms with van der Waals surface area (Å²) >= 11 is 0. The summed E-state index contributed by atoms with van der Waals surface area (Å²) in [6, 6.07) is 18.9. The second kappa shape index (κ2) is 12.0. The minimum atomic E-state index is -0.497. The number of nitro benzene ring substituents is 1. The van der Waals surface area contributed by atoms with Gasteiger partial charge in [-0.3, -0.25) is 14.9 Å². The highest BCUT2D eigenvalue weighted by Crippen LogP contribution is 2.26. The summed E-state index contributed by atoms with van der Waals surface area (Å²) in [6.45, 7) is 2.02. The Bertz CT molecular complexity index is 1330. The van der Waals surface area contributed by atoms with Crippen molar-refractivity contribution in [2.24, 2.45) is 0 Å². The summed E-state index contributed by atoms with van der Waals surface area (Å²) < 4.78 is 16.3. The number of carbonyl (C=O) groups excluding carboxylic acids is 1. The molecule has 0 fully saturated rings. The van der Waals surface area contributed by atoms with Crippen molar-refractivity contribution in [1.82, 2.24) is 5.32 Å². The highest BCUT2D eigenvalue weighted by Gasteiger charge is 2.13. The zero-order valence-corrected chi connectivity index (χ0v) is 20.1. The first-order valence-electron chi connectivity index (χ1n) is 10.9. The maximum atomic E-state index is 12.6. The number of benzene rings is 3. The van der Waals surface area contributed by atoms with E-state index in [-0.39, 0.29) is 24.4 Å². The molecule has 3 aromatic carbocycles. The van der Waals surface area contributed by atoms with Crippen LogP contribution in [0.5, 0.6) is 17.2 Å². The quantitative estimate of drug-likeness (QED) is 0.190. The summed E-state index contributed by atoms with van der Waals surface area (Å²) in [4.78, 5) is 23.1. The highest BCUT2D eigenvalue weighted by atomic mass is 16.6. The van der Waals surface area contributed by atoms with Gasteiger partial charge < -0.3 is 19.5 Å². The molecule has 9 nitrogen and oxygen atoms in total. The van der Waals surface area contributed by atoms with Gasteiger partial charge in [-0.1, -0.05) is 18.2 Å². The number of amides is 1. The molecule has 184 valence electrons. The van der Waals surface area contributed by atoms with Crippen molar-refractivity contribution in [2.45, 2.75) is 20.1 Å². The molecule has 0 aliphatic rings. The van der Waals surface area contributed by atoms with Gasteiger partial charge in [0.15, 0.2) is 0 Å². The lowest BCUT2D eigenvalue weighted by Crippen LogP contribution is -2.23. The Morgan fingerprint density at radius 3 is 2.39 bits per heavy atom. The predicted octanol–water partition coefficient (Wildman–Crippen LogP) is 4.72. The molecule has 0 aliphatic heterocycles. The smallest absolute Gasteiger partial charge is 0.272 e. The van der Waals surface area contributed by atoms with Gasteiger partial charge >= 0.3 is 0 Å². The zero-order chi connectivity index (χ0) is 26.1. The van der Waals surface area contributed by atoms with Gasteiger partial charge in [0, 0.05) is 23.7 Å². The lowest BCUT2D eigenvalue weighted by Gasteiger charge is -2.12. The summed E-state index contributed by atoms with van der Waals surface area (Å²) in [5.41, 5.74) is 2.61. The minimum absolute atomic E-state index is 0.0152. The third kappa shape index (κ3) is 6.61. The Morgan fingerprint density at radius 2 is 1.78 bits per heavy atom. The average Bonchev–Trinajstić information content (AvgIpc) is 2.89. The number of nitriles is 1. The molecule has 0 heterocycles. The van der Waals surface area contributed by atoms with E-state index in [0.717, 1.165) is 5.56 Å². The van der Waals surface area contributed by atoms with Crippen LogP contribution in [0, 0.1) is 28.4 Å². The molecule has 36 heavy (non-hydrogen) atoms. The van der Waals surface area contributed by atoms with Gasteiger partial charge in [-0.2, -0.15) is 5.26 Å². The van der Waals surface area contributed by atoms with Crippen LogP contribution in [0.1, 0.15) is 22.3 Å². The van der Waals surface area contributed by atoms with Gasteiger partial charge in [0.2, 0.25) is 0 Å². The molecule has 1 amide bonds. The van der Waals surface area contributed by atoms with Crippen LogP contribution in [-0.4, -0.2) is 25.1 Å². The number of nitrogens with one attached hydrogen (secondary N) is 1. The van der Waals surface area contributed by atoms with Gasteiger partial charge in [-0.15, -0.1) is 0 Å². The Morgan fingerprint density at radius 1 is 1.06 bits per heavy atom. The standard InChI is InChI=1S/C27H25N3O6/c1-18-12-24(9-10-25(18)30(32)33)36-17-22-14-20(6-11-26(22)35-3)13-21(15-28)27(31)29-16-19-4-7-23(34-2)8-5-19/h4-14H,16-17H2,1-3H3,(H,29,31). The molecule has 0 saturated carbocycles. The van der Waals surface area contributed by atoms with E-state index in [1.54, 1.807) is 50.4 Å². The van der Waals surface area contributed by atoms with Crippen LogP contribution >= 0.6 is 0 Å². The van der Waals surface area contributed by atoms with Gasteiger partial charge in [-0.05, 0) is 60.5 Å². The molecule has 0 bridgehead atoms. The van der Waals surface area contributed by atoms with E-state index in [2.05, 4.69) is 5.32 Å². The normalized spacial score (nSPS) is 10.8. The van der Waals surface area contributed by atoms with Gasteiger partial charge in [0.1, 0.15) is 35.5 Å². The first-order valence-corrected chi connectivity index (χ1v) is 10.9. The van der Waals surface area contributed by atoms with E-state index in [4.69, 9.17) is 14.2 Å². The van der Waals surface area contributed by atoms with Crippen LogP contribution in [0.2, 0.25) is 0 Å². The van der Waals surface area contributed by atoms with Crippen LogP contribution in [-0.2, 0) is 17.9 Å². The maximum absolute atomic E-state index is 12.6. The van der Waals surface area contributed by atoms with Crippen LogP contribution in [0.4, 0.5) is 5.69 Å². The second-order valence-electron chi connectivity index (χ2n) is 7.77. The molecule has 0 radical (unpaired) electrons. The fourth-order valence-electron chi connectivity index (χ4n) is 3.42. The number of rotatable bonds is 10. The fourth-order valence-corrected chi connectivity index (χ4v) is 3.42. The van der Waals surface area contributed by atoms with Crippen molar-refractivity contribution in [1.29, 1.82) is 5.26 Å². The van der Waals surface area contributed by atoms with Gasteiger partial charge in [0.05, 0.1) is 19.1 Å². The first kappa shape index (κ1) is 25.8. The van der Waals surface area contributed by atoms with E-state index in [1.165, 1.54) is 25.3 Å². The number of ether oxygens (including phenoxy) is 3. The zero-order valence-electron chi connectivity index (χ0n) is 20.1. The lowest BCUT2D eigenvalue weighted by atomic mass is 10.1. The van der Waals surface area contributed by atoms with Crippen LogP contribution in [0.15, 0.2) is 66.2 Å². The van der Waals surface area contributed by atoms with E-state index in [0.29, 0.717) is 33.9 Å². The largest absolute Gasteiger partial charge is 0.497 e. The summed E-state index contributed by atoms with van der Waals surface area (Å²) in [6.07, 6.45) is 1.49. The van der Waals surface area contributed by atoms with Crippen LogP contribution in [0.3, 0.4) is 0 Å². The van der Waals surface area contributed by atoms with Crippen molar-refractivity contribution in [3.8, 4) is 23.3 Å². The second-order valence-corrected chi connectivity index (χ2v) is 7.77. The number of hydrogen-bond acceptors (Lipinski definition) is 7. The number of nitrogens with zero attached hydrogens (tertiary/aromatic N) is 2. The molecule has 3 aromatic rings. The summed E-state index contributed by atoms with van der Waals surface area (Å²) in [5, 5.41) is 23.3. The maximum Gasteiger partial charge on any atom is 0.272 e. The Hall–Kier alpha value is -4.84. The van der Waals surface area contributed by atoms with Crippen LogP contribution < -0.4 is 19.5 Å². The third-order valence-corrected chi connectivity index (χ3v) is 5.35. The number of hydrogen-bond donors (Lipinski definition) is 1. The van der Waals surface area contributed by atoms with Crippen molar-refractivity contribution in [3.63, 3.8) is 0 Å². The molecule has 0 saturated heterocycles. The molecule has 0 aromatic heterocycles. The lowest BCUT2D eigenvalue weighted by molar-refractivity contribution is -0.385. The SMILES string of the molecule is COc1ccc(CNC(=O)C(C#N)=Cc2ccc(OC)c(COc3ccc([N+](=O)[O-])c(C)c3)c2)cc1. The van der Waals surface area contributed by atoms with E-state index in [9.17, 15) is 20.2 Å². The van der Waals surface area contributed by atoms with Crippen molar-refractivity contribution < 1.29 is 23.9 Å². The third-order valence-electron chi connectivity index (χ3n) is 5.35. The topological polar surface area (TPSA) is 124 Å². The van der Waals surface area contributed by atoms with Crippen LogP contribution in [0.25, 0.3) is 6.08 Å². The molecular formula is C27H25N3O6. The Kier molecular flexibility index (Phi) is 8.62. The summed E-state index contributed by atoms with van der Waals surface area (Å²) in [5.74, 6) is 1.25. The van der Waals surface area contributed by atoms with Crippen molar-refractivity contribution in [3.05, 3.63) is 98.6 Å². The molecule has 3 rings (SSSR count). The van der Waals surface area contributed by atoms with Gasteiger partial charge in [0.25, 0.3) is 11.6 Å². The Balaban J connectivity index is 1.72. The van der Waals surface area contributed by atoms with E-state index in [1.807, 2.05) is 18.2 Å². The van der Waals surface area contributed by atoms with Crippen molar-refractivity contribution >= 4 is 17.7 Å². The minimum Gasteiger partial charge on any atom is -0.497 e. The monoisotopic (exact) mass is 487 g/mol. The molecule has 0 spiro atoms. The first-order chi connectivity index (χ1) is 17.3. The molecule has 9 heteroatoms. The number of nitro groups is 1. The number of methoxy groups -OCH3 is 2. The number of carbonyl (C=O) groups is 1. The molecular weight excluding hydrogens is 462 g/mol. The van der Waals surface area contributed by atoms with E-state index < -0.39 is 10.8 Å². The molecule has 0 aliphatic carbocycles. The summed E-state index contributed by atoms with van der Waals surface area (Å²) in [7, 11) is 3.10. The van der Waals surface area contributed by atoms with Crippen molar-refractivity contribution in [2.75, 3.05) is 14.2 Å². The van der Waals surface area contributed by atoms with E-state index >= 15 is 0 Å². The highest BCUT2D eigenvalue weighted by molar-refractivity contribution is 6.01. The molecule has 0 atom stereocenters. The average molecular weight is 488 g/mol. The predicted molar refractivity (Wildman–Crippen MR) is 134 cm³/mol. The molecule has 1 N–H and O–H groups in total.